The first kappa shape index (κ1) is 9.52. The summed E-state index contributed by atoms with van der Waals surface area (Å²) >= 11 is 0. The minimum Gasteiger partial charge on any atom is -0.307 e. The molecule has 0 saturated carbocycles. The molecular formula is C10H6N4O3. The molecular weight excluding hydrogens is 224 g/mol. The van der Waals surface area contributed by atoms with Crippen molar-refractivity contribution in [3.8, 4) is 0 Å². The Morgan fingerprint density at radius 2 is 2.29 bits per heavy atom. The Hall–Kier alpha value is -2.70. The second kappa shape index (κ2) is 3.14. The van der Waals surface area contributed by atoms with E-state index >= 15 is 0 Å². The molecule has 0 aliphatic rings. The number of benzene rings is 1. The third-order valence-corrected chi connectivity index (χ3v) is 2.68. The van der Waals surface area contributed by atoms with Crippen molar-refractivity contribution in [3.05, 3.63) is 34.1 Å². The summed E-state index contributed by atoms with van der Waals surface area (Å²) in [5.74, 6) is 0. The first-order chi connectivity index (χ1) is 8.22. The fourth-order valence-electron chi connectivity index (χ4n) is 1.95. The molecule has 0 radical (unpaired) electrons. The molecule has 0 aliphatic carbocycles. The average Bonchev–Trinajstić information content (AvgIpc) is 2.92. The number of nitro benzene ring substituents is 1. The molecule has 3 aromatic rings. The molecule has 17 heavy (non-hydrogen) atoms. The third kappa shape index (κ3) is 1.16. The molecule has 2 heterocycles. The van der Waals surface area contributed by atoms with E-state index in [9.17, 15) is 14.9 Å². The van der Waals surface area contributed by atoms with E-state index in [4.69, 9.17) is 0 Å². The van der Waals surface area contributed by atoms with Crippen LogP contribution in [0.3, 0.4) is 0 Å². The molecule has 7 nitrogen and oxygen atoms in total. The van der Waals surface area contributed by atoms with Gasteiger partial charge in [0.05, 0.1) is 10.4 Å². The maximum absolute atomic E-state index is 10.9. The van der Waals surface area contributed by atoms with Crippen LogP contribution < -0.4 is 0 Å². The SMILES string of the molecule is O=Cc1cnc2c([N+](=O)[O-])cc3c[nH][nH]c3c12. The quantitative estimate of drug-likeness (QED) is 0.397. The number of carbonyl (C=O) groups is 1. The number of aromatic nitrogens is 3. The fraction of sp³-hybridized carbons (Fsp3) is 0. The van der Waals surface area contributed by atoms with Gasteiger partial charge in [0.1, 0.15) is 0 Å². The summed E-state index contributed by atoms with van der Waals surface area (Å²) in [5, 5.41) is 17.6. The third-order valence-electron chi connectivity index (χ3n) is 2.68. The zero-order valence-electron chi connectivity index (χ0n) is 8.43. The number of hydrogen-bond donors (Lipinski definition) is 2. The summed E-state index contributed by atoms with van der Waals surface area (Å²) in [6, 6.07) is 1.42. The number of H-pyrrole nitrogens is 2. The molecule has 0 saturated heterocycles. The predicted octanol–water partition coefficient (Wildman–Crippen LogP) is 1.76. The van der Waals surface area contributed by atoms with Crippen molar-refractivity contribution in [2.75, 3.05) is 0 Å². The maximum Gasteiger partial charge on any atom is 0.296 e. The van der Waals surface area contributed by atoms with E-state index in [1.54, 1.807) is 6.20 Å². The van der Waals surface area contributed by atoms with Gasteiger partial charge in [-0.05, 0) is 0 Å². The topological polar surface area (TPSA) is 105 Å². The lowest BCUT2D eigenvalue weighted by atomic mass is 10.1. The maximum atomic E-state index is 10.9. The number of nitrogens with one attached hydrogen (secondary N) is 2. The Morgan fingerprint density at radius 1 is 1.47 bits per heavy atom. The summed E-state index contributed by atoms with van der Waals surface area (Å²) in [4.78, 5) is 25.3. The Bertz CT molecular complexity index is 755. The molecule has 3 rings (SSSR count). The van der Waals surface area contributed by atoms with Crippen molar-refractivity contribution in [1.29, 1.82) is 0 Å². The van der Waals surface area contributed by atoms with Crippen molar-refractivity contribution >= 4 is 33.8 Å². The van der Waals surface area contributed by atoms with E-state index in [0.29, 0.717) is 28.1 Å². The van der Waals surface area contributed by atoms with Gasteiger partial charge in [-0.3, -0.25) is 14.9 Å². The van der Waals surface area contributed by atoms with E-state index in [1.807, 2.05) is 0 Å². The standard InChI is InChI=1S/C10H6N4O3/c15-4-6-2-11-10-7(14(16)17)1-5-3-12-13-9(5)8(6)10/h1-4,12-13H. The highest BCUT2D eigenvalue weighted by atomic mass is 16.6. The normalized spacial score (nSPS) is 11.1. The molecule has 0 unspecified atom stereocenters. The summed E-state index contributed by atoms with van der Waals surface area (Å²) in [6.45, 7) is 0. The van der Waals surface area contributed by atoms with E-state index in [0.717, 1.165) is 0 Å². The van der Waals surface area contributed by atoms with Crippen molar-refractivity contribution in [3.63, 3.8) is 0 Å². The van der Waals surface area contributed by atoms with E-state index in [2.05, 4.69) is 15.2 Å². The molecule has 0 spiro atoms. The number of aromatic amines is 2. The minimum absolute atomic E-state index is 0.103. The molecule has 0 aliphatic heterocycles. The summed E-state index contributed by atoms with van der Waals surface area (Å²) < 4.78 is 0. The van der Waals surface area contributed by atoms with Crippen LogP contribution in [0.5, 0.6) is 0 Å². The van der Waals surface area contributed by atoms with Gasteiger partial charge in [-0.25, -0.2) is 4.98 Å². The lowest BCUT2D eigenvalue weighted by Gasteiger charge is -1.96. The average molecular weight is 230 g/mol. The zero-order chi connectivity index (χ0) is 12.0. The van der Waals surface area contributed by atoms with Gasteiger partial charge in [-0.2, -0.15) is 0 Å². The molecule has 1 aromatic carbocycles. The second-order valence-corrected chi connectivity index (χ2v) is 3.59. The second-order valence-electron chi connectivity index (χ2n) is 3.59. The number of fused-ring (bicyclic) bond motifs is 3. The van der Waals surface area contributed by atoms with E-state index in [-0.39, 0.29) is 11.2 Å². The molecule has 2 N–H and O–H groups in total. The number of aldehydes is 1. The first-order valence-electron chi connectivity index (χ1n) is 4.79. The van der Waals surface area contributed by atoms with Gasteiger partial charge in [0.15, 0.2) is 11.8 Å². The number of nitrogens with zero attached hydrogens (tertiary/aromatic N) is 2. The number of non-ortho nitro benzene ring substituents is 1. The molecule has 0 atom stereocenters. The van der Waals surface area contributed by atoms with Crippen LogP contribution in [0.1, 0.15) is 10.4 Å². The Labute approximate surface area is 93.6 Å². The van der Waals surface area contributed by atoms with Gasteiger partial charge in [0.2, 0.25) is 0 Å². The van der Waals surface area contributed by atoms with Crippen LogP contribution in [0.15, 0.2) is 18.5 Å². The number of carbonyl (C=O) groups excluding carboxylic acids is 1. The van der Waals surface area contributed by atoms with Gasteiger partial charge >= 0.3 is 0 Å². The van der Waals surface area contributed by atoms with Crippen molar-refractivity contribution < 1.29 is 9.72 Å². The minimum atomic E-state index is -0.504. The van der Waals surface area contributed by atoms with Crippen LogP contribution in [0.4, 0.5) is 5.69 Å². The van der Waals surface area contributed by atoms with Crippen LogP contribution in [-0.2, 0) is 0 Å². The van der Waals surface area contributed by atoms with Gasteiger partial charge in [0.25, 0.3) is 5.69 Å². The van der Waals surface area contributed by atoms with Crippen molar-refractivity contribution in [2.45, 2.75) is 0 Å². The number of rotatable bonds is 2. The molecule has 0 amide bonds. The molecule has 84 valence electrons. The van der Waals surface area contributed by atoms with Crippen LogP contribution >= 0.6 is 0 Å². The number of nitro groups is 1. The highest BCUT2D eigenvalue weighted by molar-refractivity contribution is 6.14. The largest absolute Gasteiger partial charge is 0.307 e. The zero-order valence-corrected chi connectivity index (χ0v) is 8.43. The van der Waals surface area contributed by atoms with Crippen LogP contribution in [0, 0.1) is 10.1 Å². The van der Waals surface area contributed by atoms with Crippen LogP contribution in [0.2, 0.25) is 0 Å². The first-order valence-corrected chi connectivity index (χ1v) is 4.79. The molecule has 0 fully saturated rings. The Balaban J connectivity index is 2.60. The predicted molar refractivity (Wildman–Crippen MR) is 60.0 cm³/mol. The van der Waals surface area contributed by atoms with E-state index < -0.39 is 4.92 Å². The summed E-state index contributed by atoms with van der Waals surface area (Å²) in [5.41, 5.74) is 1.10. The Kier molecular flexibility index (Phi) is 1.76. The lowest BCUT2D eigenvalue weighted by molar-refractivity contribution is -0.383. The van der Waals surface area contributed by atoms with E-state index in [1.165, 1.54) is 12.3 Å². The van der Waals surface area contributed by atoms with Gasteiger partial charge < -0.3 is 10.2 Å². The fourth-order valence-corrected chi connectivity index (χ4v) is 1.95. The van der Waals surface area contributed by atoms with Crippen molar-refractivity contribution in [1.82, 2.24) is 15.2 Å². The van der Waals surface area contributed by atoms with Gasteiger partial charge in [0, 0.05) is 34.8 Å². The summed E-state index contributed by atoms with van der Waals surface area (Å²) in [6.07, 6.45) is 3.58. The molecule has 0 bridgehead atoms. The Morgan fingerprint density at radius 3 is 3.00 bits per heavy atom. The van der Waals surface area contributed by atoms with Crippen LogP contribution in [-0.4, -0.2) is 26.4 Å². The highest BCUT2D eigenvalue weighted by Gasteiger charge is 2.20. The molecule has 7 heteroatoms. The molecule has 2 aromatic heterocycles. The van der Waals surface area contributed by atoms with Crippen molar-refractivity contribution in [2.24, 2.45) is 0 Å². The summed E-state index contributed by atoms with van der Waals surface area (Å²) in [7, 11) is 0. The highest BCUT2D eigenvalue weighted by Crippen LogP contribution is 2.32. The van der Waals surface area contributed by atoms with Gasteiger partial charge in [-0.15, -0.1) is 0 Å². The van der Waals surface area contributed by atoms with Gasteiger partial charge in [-0.1, -0.05) is 0 Å². The monoisotopic (exact) mass is 230 g/mol. The lowest BCUT2D eigenvalue weighted by Crippen LogP contribution is -1.90. The number of hydrogen-bond acceptors (Lipinski definition) is 4. The smallest absolute Gasteiger partial charge is 0.296 e. The van der Waals surface area contributed by atoms with Crippen LogP contribution in [0.25, 0.3) is 21.8 Å².